The molecule has 2 aromatic rings. The van der Waals surface area contributed by atoms with Crippen molar-refractivity contribution < 1.29 is 35.1 Å². The van der Waals surface area contributed by atoms with Crippen LogP contribution in [0.1, 0.15) is 11.1 Å². The standard InChI is InChI=1S/C16H6F8/c1-3-5-9(17)13(21)7(14(22)10(5)18)8-15(23)11(19)6(4-2)12(20)16(8)24/h3-4H,1-2H2. The van der Waals surface area contributed by atoms with Crippen molar-refractivity contribution in [1.29, 1.82) is 0 Å². The van der Waals surface area contributed by atoms with Crippen LogP contribution in [-0.4, -0.2) is 0 Å². The Bertz CT molecular complexity index is 751. The van der Waals surface area contributed by atoms with Crippen LogP contribution >= 0.6 is 0 Å². The second-order valence-electron chi connectivity index (χ2n) is 4.50. The lowest BCUT2D eigenvalue weighted by molar-refractivity contribution is 0.439. The zero-order chi connectivity index (χ0) is 18.3. The van der Waals surface area contributed by atoms with Gasteiger partial charge in [0, 0.05) is 0 Å². The summed E-state index contributed by atoms with van der Waals surface area (Å²) in [5.41, 5.74) is -6.31. The molecular formula is C16H6F8. The molecule has 0 saturated heterocycles. The number of hydrogen-bond acceptors (Lipinski definition) is 0. The quantitative estimate of drug-likeness (QED) is 0.488. The van der Waals surface area contributed by atoms with Gasteiger partial charge in [0.1, 0.15) is 0 Å². The Hall–Kier alpha value is -2.64. The Kier molecular flexibility index (Phi) is 4.50. The van der Waals surface area contributed by atoms with Crippen molar-refractivity contribution in [3.8, 4) is 11.1 Å². The van der Waals surface area contributed by atoms with Crippen molar-refractivity contribution in [2.75, 3.05) is 0 Å². The lowest BCUT2D eigenvalue weighted by atomic mass is 9.97. The highest BCUT2D eigenvalue weighted by atomic mass is 19.2. The zero-order valence-corrected chi connectivity index (χ0v) is 11.6. The van der Waals surface area contributed by atoms with Crippen molar-refractivity contribution in [2.24, 2.45) is 0 Å². The summed E-state index contributed by atoms with van der Waals surface area (Å²) in [7, 11) is 0. The molecule has 2 rings (SSSR count). The minimum Gasteiger partial charge on any atom is -0.203 e. The van der Waals surface area contributed by atoms with Gasteiger partial charge in [-0.15, -0.1) is 0 Å². The predicted octanol–water partition coefficient (Wildman–Crippen LogP) is 5.75. The van der Waals surface area contributed by atoms with Crippen LogP contribution in [0.25, 0.3) is 23.3 Å². The molecule has 126 valence electrons. The number of benzene rings is 2. The van der Waals surface area contributed by atoms with Crippen LogP contribution in [0.2, 0.25) is 0 Å². The van der Waals surface area contributed by atoms with E-state index in [1.54, 1.807) is 0 Å². The smallest absolute Gasteiger partial charge is 0.170 e. The van der Waals surface area contributed by atoms with E-state index in [-0.39, 0.29) is 0 Å². The van der Waals surface area contributed by atoms with Gasteiger partial charge in [-0.05, 0) is 0 Å². The first kappa shape index (κ1) is 17.7. The SMILES string of the molecule is C=Cc1c(F)c(F)c(-c2c(F)c(F)c(C=C)c(F)c2F)c(F)c1F. The molecule has 0 nitrogen and oxygen atoms in total. The molecule has 0 unspecified atom stereocenters. The topological polar surface area (TPSA) is 0 Å². The van der Waals surface area contributed by atoms with Crippen LogP contribution in [0.15, 0.2) is 13.2 Å². The van der Waals surface area contributed by atoms with Crippen LogP contribution in [-0.2, 0) is 0 Å². The Morgan fingerprint density at radius 3 is 0.792 bits per heavy atom. The molecule has 0 heterocycles. The molecule has 0 saturated carbocycles. The fraction of sp³-hybridized carbons (Fsp3) is 0. The van der Waals surface area contributed by atoms with Gasteiger partial charge in [-0.25, -0.2) is 35.1 Å². The summed E-state index contributed by atoms with van der Waals surface area (Å²) in [6.07, 6.45) is 0.852. The van der Waals surface area contributed by atoms with Gasteiger partial charge in [-0.1, -0.05) is 25.3 Å². The van der Waals surface area contributed by atoms with Crippen molar-refractivity contribution in [3.05, 3.63) is 70.8 Å². The molecule has 0 fully saturated rings. The highest BCUT2D eigenvalue weighted by molar-refractivity contribution is 5.71. The maximum atomic E-state index is 14.0. The van der Waals surface area contributed by atoms with Crippen LogP contribution in [0.4, 0.5) is 35.1 Å². The normalized spacial score (nSPS) is 10.8. The molecule has 0 aliphatic rings. The molecule has 0 amide bonds. The summed E-state index contributed by atoms with van der Waals surface area (Å²) in [4.78, 5) is 0. The molecule has 24 heavy (non-hydrogen) atoms. The summed E-state index contributed by atoms with van der Waals surface area (Å²) in [5.74, 6) is -17.0. The van der Waals surface area contributed by atoms with Crippen molar-refractivity contribution in [2.45, 2.75) is 0 Å². The molecule has 2 aromatic carbocycles. The first-order valence-corrected chi connectivity index (χ1v) is 6.16. The van der Waals surface area contributed by atoms with Gasteiger partial charge in [-0.3, -0.25) is 0 Å². The van der Waals surface area contributed by atoms with E-state index >= 15 is 0 Å². The largest absolute Gasteiger partial charge is 0.203 e. The van der Waals surface area contributed by atoms with E-state index in [1.165, 1.54) is 0 Å². The van der Waals surface area contributed by atoms with Crippen molar-refractivity contribution in [1.82, 2.24) is 0 Å². The van der Waals surface area contributed by atoms with E-state index in [4.69, 9.17) is 0 Å². The molecule has 0 radical (unpaired) electrons. The van der Waals surface area contributed by atoms with E-state index in [0.717, 1.165) is 0 Å². The van der Waals surface area contributed by atoms with Gasteiger partial charge in [0.2, 0.25) is 0 Å². The monoisotopic (exact) mass is 350 g/mol. The van der Waals surface area contributed by atoms with Crippen molar-refractivity contribution in [3.63, 3.8) is 0 Å². The molecule has 0 aromatic heterocycles. The third kappa shape index (κ3) is 2.29. The van der Waals surface area contributed by atoms with Gasteiger partial charge in [0.05, 0.1) is 22.3 Å². The summed E-state index contributed by atoms with van der Waals surface area (Å²) < 4.78 is 111. The van der Waals surface area contributed by atoms with Gasteiger partial charge < -0.3 is 0 Å². The predicted molar refractivity (Wildman–Crippen MR) is 71.7 cm³/mol. The lowest BCUT2D eigenvalue weighted by Crippen LogP contribution is -2.09. The number of rotatable bonds is 3. The van der Waals surface area contributed by atoms with Crippen molar-refractivity contribution >= 4 is 12.2 Å². The summed E-state index contributed by atoms with van der Waals surface area (Å²) in [6.45, 7) is 5.86. The van der Waals surface area contributed by atoms with Crippen LogP contribution in [0.5, 0.6) is 0 Å². The molecule has 0 N–H and O–H groups in total. The summed E-state index contributed by atoms with van der Waals surface area (Å²) in [6, 6.07) is 0. The van der Waals surface area contributed by atoms with E-state index in [1.807, 2.05) is 0 Å². The third-order valence-electron chi connectivity index (χ3n) is 3.25. The van der Waals surface area contributed by atoms with Gasteiger partial charge >= 0.3 is 0 Å². The first-order chi connectivity index (χ1) is 11.2. The van der Waals surface area contributed by atoms with Gasteiger partial charge in [-0.2, -0.15) is 0 Å². The molecule has 0 aliphatic heterocycles. The van der Waals surface area contributed by atoms with E-state index in [2.05, 4.69) is 13.2 Å². The minimum atomic E-state index is -2.23. The maximum absolute atomic E-state index is 14.0. The number of halogens is 8. The molecule has 0 aliphatic carbocycles. The molecule has 0 spiro atoms. The van der Waals surface area contributed by atoms with Gasteiger partial charge in [0.25, 0.3) is 0 Å². The highest BCUT2D eigenvalue weighted by Crippen LogP contribution is 2.38. The zero-order valence-electron chi connectivity index (χ0n) is 11.6. The average molecular weight is 350 g/mol. The fourth-order valence-corrected chi connectivity index (χ4v) is 2.09. The lowest BCUT2D eigenvalue weighted by Gasteiger charge is -2.14. The maximum Gasteiger partial charge on any atom is 0.170 e. The average Bonchev–Trinajstić information content (AvgIpc) is 2.55. The molecule has 8 heteroatoms. The van der Waals surface area contributed by atoms with E-state index < -0.39 is 68.8 Å². The Balaban J connectivity index is 3.04. The summed E-state index contributed by atoms with van der Waals surface area (Å²) >= 11 is 0. The van der Waals surface area contributed by atoms with Crippen LogP contribution in [0.3, 0.4) is 0 Å². The fourth-order valence-electron chi connectivity index (χ4n) is 2.09. The second kappa shape index (κ2) is 6.10. The second-order valence-corrected chi connectivity index (χ2v) is 4.50. The molecule has 0 atom stereocenters. The minimum absolute atomic E-state index is 0.426. The number of hydrogen-bond donors (Lipinski definition) is 0. The van der Waals surface area contributed by atoms with E-state index in [0.29, 0.717) is 12.2 Å². The first-order valence-electron chi connectivity index (χ1n) is 6.16. The van der Waals surface area contributed by atoms with Crippen LogP contribution < -0.4 is 0 Å². The summed E-state index contributed by atoms with van der Waals surface area (Å²) in [5, 5.41) is 0. The third-order valence-corrected chi connectivity index (χ3v) is 3.25. The Morgan fingerprint density at radius 2 is 0.625 bits per heavy atom. The Labute approximate surface area is 130 Å². The molecular weight excluding hydrogens is 344 g/mol. The van der Waals surface area contributed by atoms with Crippen LogP contribution in [0, 0.1) is 46.5 Å². The highest BCUT2D eigenvalue weighted by Gasteiger charge is 2.32. The van der Waals surface area contributed by atoms with Gasteiger partial charge in [0.15, 0.2) is 46.5 Å². The molecule has 0 bridgehead atoms. The van der Waals surface area contributed by atoms with E-state index in [9.17, 15) is 35.1 Å². The Morgan fingerprint density at radius 1 is 0.417 bits per heavy atom.